The van der Waals surface area contributed by atoms with Gasteiger partial charge >= 0.3 is 0 Å². The first kappa shape index (κ1) is 17.2. The summed E-state index contributed by atoms with van der Waals surface area (Å²) >= 11 is 6.19. The molecule has 0 fully saturated rings. The normalized spacial score (nSPS) is 14.4. The second-order valence-electron chi connectivity index (χ2n) is 5.69. The lowest BCUT2D eigenvalue weighted by molar-refractivity contribution is -0.119. The van der Waals surface area contributed by atoms with Crippen LogP contribution in [0.4, 0.5) is 11.4 Å². The number of benzene rings is 2. The molecule has 0 atom stereocenters. The number of nitrogens with zero attached hydrogens (tertiary/aromatic N) is 2. The Labute approximate surface area is 152 Å². The summed E-state index contributed by atoms with van der Waals surface area (Å²) < 4.78 is 0. The van der Waals surface area contributed by atoms with E-state index >= 15 is 0 Å². The molecular weight excluding hydrogens is 336 g/mol. The number of imide groups is 1. The molecule has 0 aliphatic carbocycles. The molecule has 0 radical (unpaired) electrons. The van der Waals surface area contributed by atoms with Gasteiger partial charge in [-0.2, -0.15) is 0 Å². The summed E-state index contributed by atoms with van der Waals surface area (Å²) in [6, 6.07) is 16.4. The SMILES string of the molecule is CCN(CC)c1ccc(N2C(=O)C(Cl)=C(c3ccccc3)C2=O)cc1. The minimum absolute atomic E-state index is 0.0379. The predicted octanol–water partition coefficient (Wildman–Crippen LogP) is 4.06. The summed E-state index contributed by atoms with van der Waals surface area (Å²) in [5.41, 5.74) is 2.47. The standard InChI is InChI=1S/C20H19ClN2O2/c1-3-22(4-2)15-10-12-16(13-11-15)23-19(24)17(18(21)20(23)25)14-8-6-5-7-9-14/h5-13H,3-4H2,1-2H3. The highest BCUT2D eigenvalue weighted by molar-refractivity contribution is 6.60. The number of halogens is 1. The highest BCUT2D eigenvalue weighted by Crippen LogP contribution is 2.35. The molecule has 0 N–H and O–H groups in total. The van der Waals surface area contributed by atoms with Crippen molar-refractivity contribution < 1.29 is 9.59 Å². The van der Waals surface area contributed by atoms with Crippen LogP contribution in [0.25, 0.3) is 5.57 Å². The Morgan fingerprint density at radius 1 is 0.880 bits per heavy atom. The summed E-state index contributed by atoms with van der Waals surface area (Å²) in [5.74, 6) is -0.877. The van der Waals surface area contributed by atoms with E-state index in [-0.39, 0.29) is 10.6 Å². The van der Waals surface area contributed by atoms with Crippen molar-refractivity contribution in [3.05, 3.63) is 65.2 Å². The van der Waals surface area contributed by atoms with Gasteiger partial charge in [0.05, 0.1) is 11.3 Å². The van der Waals surface area contributed by atoms with Crippen molar-refractivity contribution >= 4 is 40.4 Å². The summed E-state index contributed by atoms with van der Waals surface area (Å²) in [4.78, 5) is 28.7. The molecule has 128 valence electrons. The van der Waals surface area contributed by atoms with Crippen LogP contribution in [0, 0.1) is 0 Å². The summed E-state index contributed by atoms with van der Waals surface area (Å²) in [5, 5.41) is -0.0379. The Hall–Kier alpha value is -2.59. The first-order chi connectivity index (χ1) is 12.1. The summed E-state index contributed by atoms with van der Waals surface area (Å²) in [7, 11) is 0. The van der Waals surface area contributed by atoms with E-state index in [9.17, 15) is 9.59 Å². The molecule has 1 aliphatic rings. The molecule has 0 aromatic heterocycles. The van der Waals surface area contributed by atoms with Gasteiger partial charge in [0.15, 0.2) is 0 Å². The van der Waals surface area contributed by atoms with E-state index in [0.717, 1.165) is 23.7 Å². The van der Waals surface area contributed by atoms with Crippen molar-refractivity contribution in [2.24, 2.45) is 0 Å². The second kappa shape index (κ2) is 7.11. The van der Waals surface area contributed by atoms with Crippen LogP contribution in [0.3, 0.4) is 0 Å². The van der Waals surface area contributed by atoms with Gasteiger partial charge in [-0.15, -0.1) is 0 Å². The zero-order valence-electron chi connectivity index (χ0n) is 14.2. The molecule has 0 saturated carbocycles. The highest BCUT2D eigenvalue weighted by atomic mass is 35.5. The number of hydrogen-bond donors (Lipinski definition) is 0. The van der Waals surface area contributed by atoms with E-state index in [1.807, 2.05) is 30.3 Å². The Morgan fingerprint density at radius 2 is 1.48 bits per heavy atom. The fourth-order valence-corrected chi connectivity index (χ4v) is 3.27. The molecule has 0 spiro atoms. The maximum atomic E-state index is 12.8. The molecule has 2 aromatic carbocycles. The molecule has 1 aliphatic heterocycles. The van der Waals surface area contributed by atoms with Crippen molar-refractivity contribution in [1.29, 1.82) is 0 Å². The fraction of sp³-hybridized carbons (Fsp3) is 0.200. The third-order valence-corrected chi connectivity index (χ3v) is 4.68. The molecule has 4 nitrogen and oxygen atoms in total. The second-order valence-corrected chi connectivity index (χ2v) is 6.07. The monoisotopic (exact) mass is 354 g/mol. The first-order valence-electron chi connectivity index (χ1n) is 8.27. The summed E-state index contributed by atoms with van der Waals surface area (Å²) in [6.45, 7) is 5.95. The van der Waals surface area contributed by atoms with Crippen LogP contribution < -0.4 is 9.80 Å². The van der Waals surface area contributed by atoms with Crippen molar-refractivity contribution in [3.63, 3.8) is 0 Å². The molecule has 25 heavy (non-hydrogen) atoms. The smallest absolute Gasteiger partial charge is 0.277 e. The maximum absolute atomic E-state index is 12.8. The van der Waals surface area contributed by atoms with Crippen molar-refractivity contribution in [3.8, 4) is 0 Å². The number of amides is 2. The highest BCUT2D eigenvalue weighted by Gasteiger charge is 2.39. The van der Waals surface area contributed by atoms with Gasteiger partial charge in [-0.3, -0.25) is 9.59 Å². The van der Waals surface area contributed by atoms with Gasteiger partial charge in [0.1, 0.15) is 5.03 Å². The number of anilines is 2. The molecule has 2 amide bonds. The third-order valence-electron chi connectivity index (χ3n) is 4.33. The van der Waals surface area contributed by atoms with Gasteiger partial charge in [0.2, 0.25) is 0 Å². The molecule has 5 heteroatoms. The Balaban J connectivity index is 1.92. The zero-order chi connectivity index (χ0) is 18.0. The molecule has 0 bridgehead atoms. The number of carbonyl (C=O) groups excluding carboxylic acids is 2. The first-order valence-corrected chi connectivity index (χ1v) is 8.65. The lowest BCUT2D eigenvalue weighted by Crippen LogP contribution is -2.31. The van der Waals surface area contributed by atoms with Gasteiger partial charge in [0, 0.05) is 18.8 Å². The van der Waals surface area contributed by atoms with Crippen LogP contribution in [0.5, 0.6) is 0 Å². The van der Waals surface area contributed by atoms with Gasteiger partial charge < -0.3 is 4.90 Å². The van der Waals surface area contributed by atoms with E-state index in [2.05, 4.69) is 18.7 Å². The van der Waals surface area contributed by atoms with Crippen molar-refractivity contribution in [1.82, 2.24) is 0 Å². The van der Waals surface area contributed by atoms with Gasteiger partial charge in [-0.25, -0.2) is 4.90 Å². The molecule has 3 rings (SSSR count). The van der Waals surface area contributed by atoms with Crippen LogP contribution >= 0.6 is 11.6 Å². The quantitative estimate of drug-likeness (QED) is 0.760. The fourth-order valence-electron chi connectivity index (χ4n) is 2.99. The molecular formula is C20H19ClN2O2. The molecule has 2 aromatic rings. The van der Waals surface area contributed by atoms with E-state index < -0.39 is 11.8 Å². The predicted molar refractivity (Wildman–Crippen MR) is 102 cm³/mol. The van der Waals surface area contributed by atoms with Crippen LogP contribution in [0.2, 0.25) is 0 Å². The lowest BCUT2D eigenvalue weighted by atomic mass is 10.1. The lowest BCUT2D eigenvalue weighted by Gasteiger charge is -2.22. The van der Waals surface area contributed by atoms with Crippen LogP contribution in [-0.2, 0) is 9.59 Å². The number of rotatable bonds is 5. The molecule has 0 unspecified atom stereocenters. The van der Waals surface area contributed by atoms with Crippen molar-refractivity contribution in [2.75, 3.05) is 22.9 Å². The minimum Gasteiger partial charge on any atom is -0.372 e. The van der Waals surface area contributed by atoms with Gasteiger partial charge in [-0.1, -0.05) is 41.9 Å². The van der Waals surface area contributed by atoms with Crippen LogP contribution in [0.15, 0.2) is 59.6 Å². The number of carbonyl (C=O) groups is 2. The average molecular weight is 355 g/mol. The topological polar surface area (TPSA) is 40.6 Å². The third kappa shape index (κ3) is 3.05. The minimum atomic E-state index is -0.485. The van der Waals surface area contributed by atoms with Gasteiger partial charge in [-0.05, 0) is 43.7 Å². The zero-order valence-corrected chi connectivity index (χ0v) is 15.0. The number of hydrogen-bond acceptors (Lipinski definition) is 3. The Bertz CT molecular complexity index is 825. The molecule has 0 saturated heterocycles. The largest absolute Gasteiger partial charge is 0.372 e. The van der Waals surface area contributed by atoms with Crippen LogP contribution in [-0.4, -0.2) is 24.9 Å². The van der Waals surface area contributed by atoms with E-state index in [4.69, 9.17) is 11.6 Å². The van der Waals surface area contributed by atoms with Crippen LogP contribution in [0.1, 0.15) is 19.4 Å². The van der Waals surface area contributed by atoms with Gasteiger partial charge in [0.25, 0.3) is 11.8 Å². The van der Waals surface area contributed by atoms with E-state index in [0.29, 0.717) is 11.3 Å². The van der Waals surface area contributed by atoms with E-state index in [1.54, 1.807) is 24.3 Å². The van der Waals surface area contributed by atoms with E-state index in [1.165, 1.54) is 0 Å². The Kier molecular flexibility index (Phi) is 4.91. The molecule has 1 heterocycles. The Morgan fingerprint density at radius 3 is 2.04 bits per heavy atom. The maximum Gasteiger partial charge on any atom is 0.277 e. The van der Waals surface area contributed by atoms with Crippen molar-refractivity contribution in [2.45, 2.75) is 13.8 Å². The average Bonchev–Trinajstić information content (AvgIpc) is 2.87. The summed E-state index contributed by atoms with van der Waals surface area (Å²) in [6.07, 6.45) is 0.